The van der Waals surface area contributed by atoms with E-state index in [1.165, 1.54) is 6.92 Å². The van der Waals surface area contributed by atoms with Crippen molar-refractivity contribution in [3.05, 3.63) is 47.0 Å². The van der Waals surface area contributed by atoms with Crippen LogP contribution < -0.4 is 5.32 Å². The second kappa shape index (κ2) is 8.85. The molecule has 1 atom stereocenters. The summed E-state index contributed by atoms with van der Waals surface area (Å²) in [6, 6.07) is 3.48. The monoisotopic (exact) mass is 423 g/mol. The molecule has 0 radical (unpaired) electrons. The van der Waals surface area contributed by atoms with Gasteiger partial charge in [0.25, 0.3) is 11.8 Å². The van der Waals surface area contributed by atoms with E-state index in [4.69, 9.17) is 0 Å². The van der Waals surface area contributed by atoms with Gasteiger partial charge in [-0.1, -0.05) is 0 Å². The van der Waals surface area contributed by atoms with Crippen molar-refractivity contribution in [3.8, 4) is 0 Å². The second-order valence-electron chi connectivity index (χ2n) is 7.25. The molecule has 7 nitrogen and oxygen atoms in total. The standard InChI is InChI=1S/C20H24F3N5O2/c1-3-28-16(8-10-24-28)19(30)27-11-4-5-14(9-12-27)26-18(29)15-6-7-17(20(21,22)23)25-13(15)2/h6-8,10,14H,3-5,9,11-12H2,1-2H3,(H,26,29)/t14-/m1/s1. The number of carbonyl (C=O) groups excluding carboxylic acids is 2. The highest BCUT2D eigenvalue weighted by Gasteiger charge is 2.33. The van der Waals surface area contributed by atoms with Crippen molar-refractivity contribution in [2.45, 2.75) is 51.9 Å². The van der Waals surface area contributed by atoms with Gasteiger partial charge in [0.15, 0.2) is 0 Å². The highest BCUT2D eigenvalue weighted by molar-refractivity contribution is 5.95. The third-order valence-electron chi connectivity index (χ3n) is 5.21. The molecule has 1 aliphatic heterocycles. The molecule has 2 amide bonds. The second-order valence-corrected chi connectivity index (χ2v) is 7.25. The van der Waals surface area contributed by atoms with Crippen LogP contribution in [-0.4, -0.2) is 50.6 Å². The molecule has 2 aromatic rings. The zero-order chi connectivity index (χ0) is 21.9. The van der Waals surface area contributed by atoms with E-state index in [1.807, 2.05) is 6.92 Å². The Balaban J connectivity index is 1.62. The van der Waals surface area contributed by atoms with Crippen LogP contribution in [0.3, 0.4) is 0 Å². The van der Waals surface area contributed by atoms with Crippen LogP contribution in [0.25, 0.3) is 0 Å². The van der Waals surface area contributed by atoms with E-state index in [-0.39, 0.29) is 23.2 Å². The number of rotatable bonds is 4. The number of nitrogens with one attached hydrogen (secondary N) is 1. The summed E-state index contributed by atoms with van der Waals surface area (Å²) in [7, 11) is 0. The van der Waals surface area contributed by atoms with Gasteiger partial charge in [0, 0.05) is 31.9 Å². The summed E-state index contributed by atoms with van der Waals surface area (Å²) in [4.78, 5) is 30.6. The Hall–Kier alpha value is -2.91. The van der Waals surface area contributed by atoms with Crippen LogP contribution in [0.1, 0.15) is 58.4 Å². The normalized spacial score (nSPS) is 17.5. The van der Waals surface area contributed by atoms with Gasteiger partial charge >= 0.3 is 6.18 Å². The molecule has 3 heterocycles. The smallest absolute Gasteiger partial charge is 0.349 e. The Bertz CT molecular complexity index is 925. The number of aromatic nitrogens is 3. The van der Waals surface area contributed by atoms with Crippen molar-refractivity contribution >= 4 is 11.8 Å². The number of carbonyl (C=O) groups is 2. The number of alkyl halides is 3. The Morgan fingerprint density at radius 1 is 1.20 bits per heavy atom. The molecule has 0 aromatic carbocycles. The predicted molar refractivity (Wildman–Crippen MR) is 103 cm³/mol. The fourth-order valence-electron chi connectivity index (χ4n) is 3.59. The van der Waals surface area contributed by atoms with Crippen LogP contribution in [0.2, 0.25) is 0 Å². The Labute approximate surface area is 172 Å². The van der Waals surface area contributed by atoms with Gasteiger partial charge in [0.2, 0.25) is 0 Å². The van der Waals surface area contributed by atoms with Gasteiger partial charge in [-0.05, 0) is 51.3 Å². The van der Waals surface area contributed by atoms with E-state index >= 15 is 0 Å². The molecule has 1 N–H and O–H groups in total. The molecular formula is C20H24F3N5O2. The molecule has 10 heteroatoms. The van der Waals surface area contributed by atoms with E-state index < -0.39 is 17.8 Å². The molecular weight excluding hydrogens is 399 g/mol. The number of aryl methyl sites for hydroxylation is 2. The average Bonchev–Trinajstić information content (AvgIpc) is 3.05. The minimum absolute atomic E-state index is 0.0283. The summed E-state index contributed by atoms with van der Waals surface area (Å²) in [5.41, 5.74) is -0.342. The van der Waals surface area contributed by atoms with Crippen molar-refractivity contribution in [1.82, 2.24) is 25.0 Å². The average molecular weight is 423 g/mol. The van der Waals surface area contributed by atoms with E-state index in [0.29, 0.717) is 44.6 Å². The van der Waals surface area contributed by atoms with E-state index in [9.17, 15) is 22.8 Å². The van der Waals surface area contributed by atoms with Crippen LogP contribution >= 0.6 is 0 Å². The summed E-state index contributed by atoms with van der Waals surface area (Å²) >= 11 is 0. The van der Waals surface area contributed by atoms with Gasteiger partial charge < -0.3 is 10.2 Å². The zero-order valence-electron chi connectivity index (χ0n) is 16.9. The molecule has 0 aliphatic carbocycles. The van der Waals surface area contributed by atoms with Gasteiger partial charge in [-0.15, -0.1) is 0 Å². The highest BCUT2D eigenvalue weighted by Crippen LogP contribution is 2.28. The maximum absolute atomic E-state index is 12.8. The van der Waals surface area contributed by atoms with Crippen molar-refractivity contribution in [2.75, 3.05) is 13.1 Å². The van der Waals surface area contributed by atoms with Crippen molar-refractivity contribution in [1.29, 1.82) is 0 Å². The lowest BCUT2D eigenvalue weighted by atomic mass is 10.1. The van der Waals surface area contributed by atoms with E-state index in [0.717, 1.165) is 12.1 Å². The molecule has 162 valence electrons. The summed E-state index contributed by atoms with van der Waals surface area (Å²) < 4.78 is 40.0. The maximum Gasteiger partial charge on any atom is 0.433 e. The number of pyridine rings is 1. The minimum Gasteiger partial charge on any atom is -0.349 e. The molecule has 0 saturated carbocycles. The predicted octanol–water partition coefficient (Wildman–Crippen LogP) is 3.05. The topological polar surface area (TPSA) is 80.1 Å². The molecule has 0 bridgehead atoms. The first-order valence-corrected chi connectivity index (χ1v) is 9.87. The van der Waals surface area contributed by atoms with Crippen molar-refractivity contribution in [3.63, 3.8) is 0 Å². The number of likely N-dealkylation sites (tertiary alicyclic amines) is 1. The molecule has 2 aromatic heterocycles. The number of amides is 2. The highest BCUT2D eigenvalue weighted by atomic mass is 19.4. The van der Waals surface area contributed by atoms with Gasteiger partial charge in [-0.3, -0.25) is 14.3 Å². The SMILES string of the molecule is CCn1nccc1C(=O)N1CCC[C@@H](NC(=O)c2ccc(C(F)(F)F)nc2C)CC1. The lowest BCUT2D eigenvalue weighted by Crippen LogP contribution is -2.37. The summed E-state index contributed by atoms with van der Waals surface area (Å²) in [5.74, 6) is -0.549. The van der Waals surface area contributed by atoms with Gasteiger partial charge in [-0.25, -0.2) is 4.98 Å². The molecule has 30 heavy (non-hydrogen) atoms. The van der Waals surface area contributed by atoms with Crippen LogP contribution in [0.15, 0.2) is 24.4 Å². The quantitative estimate of drug-likeness (QED) is 0.820. The Kier molecular flexibility index (Phi) is 6.42. The zero-order valence-corrected chi connectivity index (χ0v) is 16.9. The van der Waals surface area contributed by atoms with E-state index in [2.05, 4.69) is 15.4 Å². The van der Waals surface area contributed by atoms with Gasteiger partial charge in [0.05, 0.1) is 11.3 Å². The van der Waals surface area contributed by atoms with Gasteiger partial charge in [0.1, 0.15) is 11.4 Å². The first-order chi connectivity index (χ1) is 14.2. The number of halogens is 3. The first kappa shape index (κ1) is 21.8. The third kappa shape index (κ3) is 4.80. The summed E-state index contributed by atoms with van der Waals surface area (Å²) in [6.45, 7) is 4.94. The molecule has 0 unspecified atom stereocenters. The lowest BCUT2D eigenvalue weighted by Gasteiger charge is -2.21. The fourth-order valence-corrected chi connectivity index (χ4v) is 3.59. The third-order valence-corrected chi connectivity index (χ3v) is 5.21. The fraction of sp³-hybridized carbons (Fsp3) is 0.500. The first-order valence-electron chi connectivity index (χ1n) is 9.87. The minimum atomic E-state index is -4.55. The number of hydrogen-bond donors (Lipinski definition) is 1. The van der Waals surface area contributed by atoms with Crippen LogP contribution in [-0.2, 0) is 12.7 Å². The molecule has 1 aliphatic rings. The van der Waals surface area contributed by atoms with Crippen LogP contribution in [0.4, 0.5) is 13.2 Å². The van der Waals surface area contributed by atoms with Crippen molar-refractivity contribution < 1.29 is 22.8 Å². The van der Waals surface area contributed by atoms with Crippen LogP contribution in [0, 0.1) is 6.92 Å². The van der Waals surface area contributed by atoms with Crippen LogP contribution in [0.5, 0.6) is 0 Å². The summed E-state index contributed by atoms with van der Waals surface area (Å²) in [5, 5.41) is 7.00. The molecule has 3 rings (SSSR count). The van der Waals surface area contributed by atoms with Gasteiger partial charge in [-0.2, -0.15) is 18.3 Å². The lowest BCUT2D eigenvalue weighted by molar-refractivity contribution is -0.141. The summed E-state index contributed by atoms with van der Waals surface area (Å²) in [6.07, 6.45) is -1.01. The molecule has 1 fully saturated rings. The molecule has 1 saturated heterocycles. The Morgan fingerprint density at radius 2 is 1.97 bits per heavy atom. The van der Waals surface area contributed by atoms with E-state index in [1.54, 1.807) is 21.8 Å². The van der Waals surface area contributed by atoms with Crippen molar-refractivity contribution in [2.24, 2.45) is 0 Å². The maximum atomic E-state index is 12.8. The number of nitrogens with zero attached hydrogens (tertiary/aromatic N) is 4. The Morgan fingerprint density at radius 3 is 2.63 bits per heavy atom. The molecule has 0 spiro atoms. The largest absolute Gasteiger partial charge is 0.433 e. The number of hydrogen-bond acceptors (Lipinski definition) is 4.